The van der Waals surface area contributed by atoms with Gasteiger partial charge in [0.15, 0.2) is 5.25 Å². The van der Waals surface area contributed by atoms with E-state index in [0.717, 1.165) is 64.2 Å². The van der Waals surface area contributed by atoms with Gasteiger partial charge in [-0.3, -0.25) is 14.1 Å². The first-order valence-corrected chi connectivity index (χ1v) is 13.4. The number of hydrogen-bond donors (Lipinski definition) is 1. The van der Waals surface area contributed by atoms with Crippen LogP contribution in [0.4, 0.5) is 0 Å². The molecule has 1 N–H and O–H groups in total. The first-order valence-electron chi connectivity index (χ1n) is 11.0. The Morgan fingerprint density at radius 3 is 1.53 bits per heavy atom. The lowest BCUT2D eigenvalue weighted by Crippen LogP contribution is -2.51. The molecule has 30 heavy (non-hydrogen) atoms. The van der Waals surface area contributed by atoms with E-state index in [1.165, 1.54) is 0 Å². The van der Waals surface area contributed by atoms with Crippen LogP contribution in [0.15, 0.2) is 0 Å². The van der Waals surface area contributed by atoms with Gasteiger partial charge < -0.3 is 9.05 Å². The Balaban J connectivity index is 5.63. The molecule has 178 valence electrons. The molecule has 0 aromatic carbocycles. The zero-order valence-corrected chi connectivity index (χ0v) is 21.6. The molecule has 0 aromatic heterocycles. The highest BCUT2D eigenvalue weighted by Crippen LogP contribution is 2.41. The predicted molar refractivity (Wildman–Crippen MR) is 125 cm³/mol. The molecule has 0 saturated carbocycles. The van der Waals surface area contributed by atoms with E-state index >= 15 is 0 Å². The van der Waals surface area contributed by atoms with Crippen LogP contribution in [0.3, 0.4) is 0 Å². The van der Waals surface area contributed by atoms with Gasteiger partial charge in [-0.15, -0.1) is 0 Å². The largest absolute Gasteiger partial charge is 0.451 e. The number of unbranched alkanes of at least 4 members (excludes halogenated alkanes) is 10. The maximum Gasteiger partial charge on any atom is 0.330 e. The van der Waals surface area contributed by atoms with Crippen LogP contribution in [0.1, 0.15) is 104 Å². The zero-order valence-electron chi connectivity index (χ0n) is 18.4. The summed E-state index contributed by atoms with van der Waals surface area (Å²) in [6.07, 6.45) is 11.4. The second kappa shape index (κ2) is 16.4. The molecule has 0 amide bonds. The number of hydrogen-bond acceptors (Lipinski definition) is 6. The summed E-state index contributed by atoms with van der Waals surface area (Å²) < 4.78 is 43.7. The fourth-order valence-electron chi connectivity index (χ4n) is 3.95. The molecule has 0 spiro atoms. The Bertz CT molecular complexity index is 580. The van der Waals surface area contributed by atoms with E-state index in [0.29, 0.717) is 12.8 Å². The highest BCUT2D eigenvalue weighted by Gasteiger charge is 2.56. The molecule has 0 radical (unpaired) electrons. The average Bonchev–Trinajstić information content (AvgIpc) is 2.70. The number of rotatable bonds is 18. The molecule has 7 nitrogen and oxygen atoms in total. The van der Waals surface area contributed by atoms with Gasteiger partial charge in [-0.05, 0) is 12.8 Å². The molecule has 0 saturated heterocycles. The van der Waals surface area contributed by atoms with Gasteiger partial charge in [0.25, 0.3) is 10.1 Å². The molecule has 0 aromatic rings. The van der Waals surface area contributed by atoms with Crippen LogP contribution in [-0.2, 0) is 28.8 Å². The fourth-order valence-corrected chi connectivity index (χ4v) is 5.62. The predicted octanol–water partition coefficient (Wildman–Crippen LogP) is 5.40. The van der Waals surface area contributed by atoms with Crippen molar-refractivity contribution in [1.29, 1.82) is 0 Å². The molecular formula is C20H40O7P2S. The minimum atomic E-state index is -4.89. The van der Waals surface area contributed by atoms with Gasteiger partial charge in [0.1, 0.15) is 0 Å². The second-order valence-corrected chi connectivity index (χ2v) is 9.90. The molecule has 0 heterocycles. The van der Waals surface area contributed by atoms with E-state index in [9.17, 15) is 22.6 Å². The standard InChI is InChI=1S/C20H40O7P2S/c1-3-5-7-9-11-13-15-20(19(22)27-29,16-14-12-10-8-6-4-2)17(18(21)26-28)30(23,24)25/h17H,3-16,28-29H2,1-2H3,(H,23,24,25). The molecule has 0 aliphatic rings. The minimum Gasteiger partial charge on any atom is -0.451 e. The van der Waals surface area contributed by atoms with E-state index in [1.807, 2.05) is 9.47 Å². The highest BCUT2D eigenvalue weighted by molar-refractivity contribution is 7.87. The lowest BCUT2D eigenvalue weighted by Gasteiger charge is -2.35. The molecule has 0 aliphatic carbocycles. The van der Waals surface area contributed by atoms with Gasteiger partial charge in [-0.2, -0.15) is 8.42 Å². The Morgan fingerprint density at radius 2 is 1.20 bits per heavy atom. The lowest BCUT2D eigenvalue weighted by molar-refractivity contribution is -0.152. The molecule has 0 rings (SSSR count). The van der Waals surface area contributed by atoms with Crippen LogP contribution in [-0.4, -0.2) is 30.2 Å². The van der Waals surface area contributed by atoms with Crippen molar-refractivity contribution in [1.82, 2.24) is 0 Å². The third kappa shape index (κ3) is 10.3. The van der Waals surface area contributed by atoms with E-state index in [4.69, 9.17) is 4.52 Å². The van der Waals surface area contributed by atoms with Crippen molar-refractivity contribution in [3.05, 3.63) is 0 Å². The zero-order chi connectivity index (χ0) is 23.0. The third-order valence-corrected chi connectivity index (χ3v) is 7.28. The van der Waals surface area contributed by atoms with Gasteiger partial charge in [0.05, 0.1) is 24.3 Å². The summed E-state index contributed by atoms with van der Waals surface area (Å²) in [7, 11) is -1.36. The summed E-state index contributed by atoms with van der Waals surface area (Å²) in [6, 6.07) is 0. The minimum absolute atomic E-state index is 0.130. The summed E-state index contributed by atoms with van der Waals surface area (Å²) in [5, 5.41) is -2.01. The van der Waals surface area contributed by atoms with Crippen LogP contribution >= 0.6 is 18.9 Å². The van der Waals surface area contributed by atoms with Crippen LogP contribution in [0, 0.1) is 5.41 Å². The Hall–Kier alpha value is -0.290. The first kappa shape index (κ1) is 29.7. The lowest BCUT2D eigenvalue weighted by atomic mass is 9.74. The molecule has 0 fully saturated rings. The van der Waals surface area contributed by atoms with Gasteiger partial charge >= 0.3 is 11.9 Å². The van der Waals surface area contributed by atoms with Gasteiger partial charge in [-0.1, -0.05) is 90.9 Å². The van der Waals surface area contributed by atoms with Crippen molar-refractivity contribution in [3.63, 3.8) is 0 Å². The summed E-state index contributed by atoms with van der Waals surface area (Å²) in [4.78, 5) is 25.2. The molecule has 3 atom stereocenters. The Kier molecular flexibility index (Phi) is 16.2. The summed E-state index contributed by atoms with van der Waals surface area (Å²) in [5.41, 5.74) is -1.68. The molecule has 0 aliphatic heterocycles. The number of carbonyl (C=O) groups is 2. The van der Waals surface area contributed by atoms with Crippen molar-refractivity contribution >= 4 is 41.0 Å². The fraction of sp³-hybridized carbons (Fsp3) is 0.900. The van der Waals surface area contributed by atoms with Crippen molar-refractivity contribution in [2.24, 2.45) is 5.41 Å². The van der Waals surface area contributed by atoms with E-state index in [-0.39, 0.29) is 12.8 Å². The molecule has 3 unspecified atom stereocenters. The maximum atomic E-state index is 12.8. The van der Waals surface area contributed by atoms with E-state index < -0.39 is 32.7 Å². The van der Waals surface area contributed by atoms with Crippen LogP contribution < -0.4 is 0 Å². The van der Waals surface area contributed by atoms with Gasteiger partial charge in [0.2, 0.25) is 0 Å². The summed E-state index contributed by atoms with van der Waals surface area (Å²) in [6.45, 7) is 4.23. The highest BCUT2D eigenvalue weighted by atomic mass is 32.2. The van der Waals surface area contributed by atoms with E-state index in [2.05, 4.69) is 18.4 Å². The quantitative estimate of drug-likeness (QED) is 0.157. The normalized spacial score (nSPS) is 13.1. The Labute approximate surface area is 187 Å². The van der Waals surface area contributed by atoms with Crippen molar-refractivity contribution < 1.29 is 31.6 Å². The first-order chi connectivity index (χ1) is 14.2. The molecule has 10 heteroatoms. The SMILES string of the molecule is CCCCCCCCC(CCCCCCCC)(C(=O)OP)C(C(=O)OP)S(=O)(=O)O. The van der Waals surface area contributed by atoms with Crippen molar-refractivity contribution in [2.45, 2.75) is 109 Å². The van der Waals surface area contributed by atoms with Gasteiger partial charge in [-0.25, -0.2) is 0 Å². The molecular weight excluding hydrogens is 446 g/mol. The number of carbonyl (C=O) groups excluding carboxylic acids is 2. The molecule has 0 bridgehead atoms. The topological polar surface area (TPSA) is 107 Å². The van der Waals surface area contributed by atoms with Gasteiger partial charge in [0, 0.05) is 0 Å². The third-order valence-electron chi connectivity index (χ3n) is 5.60. The Morgan fingerprint density at radius 1 is 0.800 bits per heavy atom. The maximum absolute atomic E-state index is 12.8. The smallest absolute Gasteiger partial charge is 0.330 e. The van der Waals surface area contributed by atoms with Crippen molar-refractivity contribution in [3.8, 4) is 0 Å². The van der Waals surface area contributed by atoms with Crippen LogP contribution in [0.2, 0.25) is 0 Å². The van der Waals surface area contributed by atoms with E-state index in [1.54, 1.807) is 9.47 Å². The second-order valence-electron chi connectivity index (χ2n) is 7.93. The summed E-state index contributed by atoms with van der Waals surface area (Å²) >= 11 is 0. The monoisotopic (exact) mass is 486 g/mol. The van der Waals surface area contributed by atoms with Crippen molar-refractivity contribution in [2.75, 3.05) is 0 Å². The van der Waals surface area contributed by atoms with Crippen LogP contribution in [0.25, 0.3) is 0 Å². The summed E-state index contributed by atoms with van der Waals surface area (Å²) in [5.74, 6) is -2.00. The average molecular weight is 487 g/mol. The van der Waals surface area contributed by atoms with Crippen LogP contribution in [0.5, 0.6) is 0 Å².